The molecule has 116 valence electrons. The number of ether oxygens (including phenoxy) is 1. The number of benzene rings is 1. The number of hydrogen-bond acceptors (Lipinski definition) is 3. The van der Waals surface area contributed by atoms with Crippen LogP contribution in [0.5, 0.6) is 5.75 Å². The van der Waals surface area contributed by atoms with Gasteiger partial charge in [0.15, 0.2) is 0 Å². The van der Waals surface area contributed by atoms with Gasteiger partial charge in [0.25, 0.3) is 0 Å². The van der Waals surface area contributed by atoms with Crippen LogP contribution < -0.4 is 10.1 Å². The van der Waals surface area contributed by atoms with E-state index in [1.165, 1.54) is 30.1 Å². The van der Waals surface area contributed by atoms with Crippen molar-refractivity contribution >= 4 is 17.7 Å². The van der Waals surface area contributed by atoms with Gasteiger partial charge in [0.05, 0.1) is 6.42 Å². The third kappa shape index (κ3) is 5.64. The number of carbonyl (C=O) groups is 2. The number of aliphatic carboxylic acids is 1. The monoisotopic (exact) mass is 302 g/mol. The fraction of sp³-hybridized carbons (Fsp3) is 0.385. The van der Waals surface area contributed by atoms with Crippen LogP contribution in [0, 0.1) is 6.92 Å². The Kier molecular flexibility index (Phi) is 5.89. The Hall–Kier alpha value is -2.38. The van der Waals surface area contributed by atoms with Gasteiger partial charge in [-0.05, 0) is 18.6 Å². The molecule has 0 fully saturated rings. The summed E-state index contributed by atoms with van der Waals surface area (Å²) in [5.74, 6) is -1.05. The summed E-state index contributed by atoms with van der Waals surface area (Å²) in [5, 5.41) is 11.0. The van der Waals surface area contributed by atoms with Crippen LogP contribution in [0.15, 0.2) is 18.2 Å². The van der Waals surface area contributed by atoms with Crippen LogP contribution in [0.25, 0.3) is 0 Å². The van der Waals surface area contributed by atoms with Gasteiger partial charge >= 0.3 is 18.6 Å². The number of nitrogens with zero attached hydrogens (tertiary/aromatic N) is 1. The maximum absolute atomic E-state index is 12.2. The van der Waals surface area contributed by atoms with Gasteiger partial charge in [0.2, 0.25) is 0 Å². The standard InChI is InChI=1S/C13H16F2N2O4/c1-8-3-4-9(7-10(8)21-12(14)15)16-13(20)17(2)6-5-11(18)19/h3-4,7,12H,5-6H2,1-2H3,(H,16,20)(H,18,19). The van der Waals surface area contributed by atoms with Crippen LogP contribution in [0.3, 0.4) is 0 Å². The Bertz CT molecular complexity index is 523. The van der Waals surface area contributed by atoms with Crippen molar-refractivity contribution in [1.82, 2.24) is 4.90 Å². The second-order valence-electron chi connectivity index (χ2n) is 4.35. The Morgan fingerprint density at radius 1 is 1.43 bits per heavy atom. The lowest BCUT2D eigenvalue weighted by atomic mass is 10.2. The second kappa shape index (κ2) is 7.41. The molecular weight excluding hydrogens is 286 g/mol. The average Bonchev–Trinajstić information content (AvgIpc) is 2.39. The molecule has 1 rings (SSSR count). The topological polar surface area (TPSA) is 78.9 Å². The summed E-state index contributed by atoms with van der Waals surface area (Å²) in [6, 6.07) is 3.81. The van der Waals surface area contributed by atoms with Crippen molar-refractivity contribution in [3.63, 3.8) is 0 Å². The summed E-state index contributed by atoms with van der Waals surface area (Å²) in [4.78, 5) is 23.4. The molecule has 0 spiro atoms. The number of rotatable bonds is 6. The molecule has 2 amide bonds. The molecule has 8 heteroatoms. The minimum Gasteiger partial charge on any atom is -0.481 e. The minimum absolute atomic E-state index is 0.0315. The molecule has 1 aromatic rings. The maximum Gasteiger partial charge on any atom is 0.387 e. The van der Waals surface area contributed by atoms with E-state index in [0.717, 1.165) is 0 Å². The third-order valence-electron chi connectivity index (χ3n) is 2.66. The summed E-state index contributed by atoms with van der Waals surface area (Å²) in [7, 11) is 1.43. The highest BCUT2D eigenvalue weighted by Crippen LogP contribution is 2.24. The lowest BCUT2D eigenvalue weighted by Crippen LogP contribution is -2.33. The first-order valence-corrected chi connectivity index (χ1v) is 6.09. The molecule has 0 aliphatic carbocycles. The summed E-state index contributed by atoms with van der Waals surface area (Å²) < 4.78 is 28.8. The van der Waals surface area contributed by atoms with Crippen LogP contribution >= 0.6 is 0 Å². The first-order chi connectivity index (χ1) is 9.79. The molecule has 0 radical (unpaired) electrons. The maximum atomic E-state index is 12.2. The van der Waals surface area contributed by atoms with E-state index in [4.69, 9.17) is 5.11 Å². The number of anilines is 1. The van der Waals surface area contributed by atoms with Gasteiger partial charge in [-0.15, -0.1) is 0 Å². The van der Waals surface area contributed by atoms with Crippen molar-refractivity contribution in [2.75, 3.05) is 18.9 Å². The lowest BCUT2D eigenvalue weighted by Gasteiger charge is -2.17. The Morgan fingerprint density at radius 2 is 2.10 bits per heavy atom. The zero-order chi connectivity index (χ0) is 16.0. The van der Waals surface area contributed by atoms with Crippen molar-refractivity contribution in [1.29, 1.82) is 0 Å². The number of carboxylic acid groups (broad SMARTS) is 1. The molecule has 21 heavy (non-hydrogen) atoms. The highest BCUT2D eigenvalue weighted by atomic mass is 19.3. The molecule has 0 heterocycles. The van der Waals surface area contributed by atoms with Crippen LogP contribution in [-0.2, 0) is 4.79 Å². The van der Waals surface area contributed by atoms with Crippen molar-refractivity contribution in [2.24, 2.45) is 0 Å². The number of urea groups is 1. The number of carboxylic acids is 1. The van der Waals surface area contributed by atoms with E-state index >= 15 is 0 Å². The van der Waals surface area contributed by atoms with Crippen molar-refractivity contribution in [3.05, 3.63) is 23.8 Å². The molecule has 0 aliphatic rings. The number of aryl methyl sites for hydroxylation is 1. The van der Waals surface area contributed by atoms with Gasteiger partial charge < -0.3 is 20.1 Å². The van der Waals surface area contributed by atoms with E-state index in [0.29, 0.717) is 5.56 Å². The third-order valence-corrected chi connectivity index (χ3v) is 2.66. The average molecular weight is 302 g/mol. The first kappa shape index (κ1) is 16.7. The summed E-state index contributed by atoms with van der Waals surface area (Å²) in [6.45, 7) is -1.32. The van der Waals surface area contributed by atoms with E-state index in [1.807, 2.05) is 0 Å². The Labute approximate surface area is 120 Å². The van der Waals surface area contributed by atoms with Gasteiger partial charge in [-0.2, -0.15) is 8.78 Å². The van der Waals surface area contributed by atoms with E-state index in [-0.39, 0.29) is 24.4 Å². The number of halogens is 2. The molecule has 0 unspecified atom stereocenters. The molecule has 1 aromatic carbocycles. The van der Waals surface area contributed by atoms with Crippen molar-refractivity contribution in [2.45, 2.75) is 20.0 Å². The SMILES string of the molecule is Cc1ccc(NC(=O)N(C)CCC(=O)O)cc1OC(F)F. The van der Waals surface area contributed by atoms with Crippen LogP contribution in [-0.4, -0.2) is 42.2 Å². The number of hydrogen-bond donors (Lipinski definition) is 2. The number of alkyl halides is 2. The van der Waals surface area contributed by atoms with Gasteiger partial charge in [0.1, 0.15) is 5.75 Å². The first-order valence-electron chi connectivity index (χ1n) is 6.09. The fourth-order valence-electron chi connectivity index (χ4n) is 1.48. The highest BCUT2D eigenvalue weighted by Gasteiger charge is 2.12. The van der Waals surface area contributed by atoms with Crippen molar-refractivity contribution in [3.8, 4) is 5.75 Å². The number of carbonyl (C=O) groups excluding carboxylic acids is 1. The molecule has 0 aliphatic heterocycles. The van der Waals surface area contributed by atoms with Gasteiger partial charge in [-0.1, -0.05) is 6.07 Å². The molecule has 2 N–H and O–H groups in total. The lowest BCUT2D eigenvalue weighted by molar-refractivity contribution is -0.137. The largest absolute Gasteiger partial charge is 0.481 e. The van der Waals surface area contributed by atoms with Gasteiger partial charge in [-0.3, -0.25) is 4.79 Å². The fourth-order valence-corrected chi connectivity index (χ4v) is 1.48. The van der Waals surface area contributed by atoms with Crippen molar-refractivity contribution < 1.29 is 28.2 Å². The predicted octanol–water partition coefficient (Wildman–Crippen LogP) is 2.53. The summed E-state index contributed by atoms with van der Waals surface area (Å²) in [6.07, 6.45) is -0.183. The quantitative estimate of drug-likeness (QED) is 0.846. The number of nitrogens with one attached hydrogen (secondary N) is 1. The molecule has 0 bridgehead atoms. The van der Waals surface area contributed by atoms with Crippen LogP contribution in [0.2, 0.25) is 0 Å². The van der Waals surface area contributed by atoms with Gasteiger partial charge in [-0.25, -0.2) is 4.79 Å². The predicted molar refractivity (Wildman–Crippen MR) is 71.7 cm³/mol. The normalized spacial score (nSPS) is 10.3. The zero-order valence-corrected chi connectivity index (χ0v) is 11.6. The van der Waals surface area contributed by atoms with Crippen LogP contribution in [0.4, 0.5) is 19.3 Å². The second-order valence-corrected chi connectivity index (χ2v) is 4.35. The highest BCUT2D eigenvalue weighted by molar-refractivity contribution is 5.89. The molecule has 0 aromatic heterocycles. The summed E-state index contributed by atoms with van der Waals surface area (Å²) in [5.41, 5.74) is 0.788. The van der Waals surface area contributed by atoms with Gasteiger partial charge in [0, 0.05) is 25.3 Å². The Balaban J connectivity index is 2.69. The molecule has 0 saturated heterocycles. The molecular formula is C13H16F2N2O4. The van der Waals surface area contributed by atoms with E-state index in [1.54, 1.807) is 6.92 Å². The van der Waals surface area contributed by atoms with E-state index in [9.17, 15) is 18.4 Å². The minimum atomic E-state index is -2.95. The molecule has 0 atom stereocenters. The van der Waals surface area contributed by atoms with E-state index < -0.39 is 18.6 Å². The van der Waals surface area contributed by atoms with E-state index in [2.05, 4.69) is 10.1 Å². The molecule has 6 nitrogen and oxygen atoms in total. The van der Waals surface area contributed by atoms with Crippen LogP contribution in [0.1, 0.15) is 12.0 Å². The molecule has 0 saturated carbocycles. The Morgan fingerprint density at radius 3 is 2.67 bits per heavy atom. The number of amides is 2. The summed E-state index contributed by atoms with van der Waals surface area (Å²) >= 11 is 0. The smallest absolute Gasteiger partial charge is 0.387 e. The zero-order valence-electron chi connectivity index (χ0n) is 11.6.